The van der Waals surface area contributed by atoms with Crippen LogP contribution in [0.3, 0.4) is 0 Å². The third kappa shape index (κ3) is 3.17. The van der Waals surface area contributed by atoms with E-state index in [0.717, 1.165) is 17.4 Å². The van der Waals surface area contributed by atoms with Crippen LogP contribution in [0.25, 0.3) is 10.8 Å². The number of ketones is 1. The van der Waals surface area contributed by atoms with Gasteiger partial charge in [0.05, 0.1) is 0 Å². The Hall–Kier alpha value is -1.67. The third-order valence-corrected chi connectivity index (χ3v) is 2.88. The first-order chi connectivity index (χ1) is 8.81. The molecule has 2 aromatic rings. The molecule has 2 aromatic carbocycles. The summed E-state index contributed by atoms with van der Waals surface area (Å²) < 4.78 is 5.28. The van der Waals surface area contributed by atoms with E-state index in [0.29, 0.717) is 13.0 Å². The van der Waals surface area contributed by atoms with Gasteiger partial charge in [-0.3, -0.25) is 4.79 Å². The molecule has 0 aromatic heterocycles. The van der Waals surface area contributed by atoms with Crippen molar-refractivity contribution in [1.29, 1.82) is 0 Å². The van der Waals surface area contributed by atoms with Crippen LogP contribution in [0.15, 0.2) is 42.5 Å². The van der Waals surface area contributed by atoms with Crippen LogP contribution in [0.5, 0.6) is 0 Å². The molecule has 0 aliphatic heterocycles. The number of carbonyl (C=O) groups excluding carboxylic acids is 1. The van der Waals surface area contributed by atoms with Crippen molar-refractivity contribution in [3.63, 3.8) is 0 Å². The van der Waals surface area contributed by atoms with Crippen LogP contribution >= 0.6 is 0 Å². The van der Waals surface area contributed by atoms with Crippen molar-refractivity contribution in [3.05, 3.63) is 48.0 Å². The van der Waals surface area contributed by atoms with E-state index in [1.807, 2.05) is 31.2 Å². The van der Waals surface area contributed by atoms with Crippen LogP contribution in [-0.4, -0.2) is 19.0 Å². The van der Waals surface area contributed by atoms with Crippen molar-refractivity contribution in [2.45, 2.75) is 19.8 Å². The molecule has 0 fully saturated rings. The molecule has 0 spiro atoms. The quantitative estimate of drug-likeness (QED) is 0.726. The molecular weight excluding hydrogens is 224 g/mol. The number of benzene rings is 2. The van der Waals surface area contributed by atoms with E-state index in [4.69, 9.17) is 4.74 Å². The summed E-state index contributed by atoms with van der Waals surface area (Å²) in [5.74, 6) is 0.139. The highest BCUT2D eigenvalue weighted by atomic mass is 16.5. The molecule has 0 amide bonds. The molecule has 0 aliphatic carbocycles. The molecule has 2 nitrogen and oxygen atoms in total. The Kier molecular flexibility index (Phi) is 4.48. The van der Waals surface area contributed by atoms with E-state index in [-0.39, 0.29) is 12.4 Å². The van der Waals surface area contributed by atoms with Crippen LogP contribution in [0.1, 0.15) is 18.9 Å². The Morgan fingerprint density at radius 3 is 2.72 bits per heavy atom. The molecule has 0 atom stereocenters. The molecule has 0 unspecified atom stereocenters. The average molecular weight is 242 g/mol. The van der Waals surface area contributed by atoms with E-state index in [9.17, 15) is 4.79 Å². The minimum absolute atomic E-state index is 0.139. The van der Waals surface area contributed by atoms with Gasteiger partial charge in [0, 0.05) is 13.0 Å². The van der Waals surface area contributed by atoms with Gasteiger partial charge in [-0.05, 0) is 22.8 Å². The van der Waals surface area contributed by atoms with Crippen LogP contribution < -0.4 is 0 Å². The zero-order valence-electron chi connectivity index (χ0n) is 10.7. The van der Waals surface area contributed by atoms with Crippen molar-refractivity contribution in [1.82, 2.24) is 0 Å². The lowest BCUT2D eigenvalue weighted by molar-refractivity contribution is -0.122. The third-order valence-electron chi connectivity index (χ3n) is 2.88. The van der Waals surface area contributed by atoms with Gasteiger partial charge in [0.25, 0.3) is 0 Å². The minimum Gasteiger partial charge on any atom is -0.374 e. The summed E-state index contributed by atoms with van der Waals surface area (Å²) in [6.07, 6.45) is 1.40. The molecule has 0 heterocycles. The lowest BCUT2D eigenvalue weighted by Crippen LogP contribution is -2.12. The maximum atomic E-state index is 11.8. The van der Waals surface area contributed by atoms with Gasteiger partial charge in [-0.15, -0.1) is 0 Å². The van der Waals surface area contributed by atoms with Gasteiger partial charge in [0.15, 0.2) is 5.78 Å². The largest absolute Gasteiger partial charge is 0.374 e. The first-order valence-corrected chi connectivity index (χ1v) is 6.37. The summed E-state index contributed by atoms with van der Waals surface area (Å²) in [7, 11) is 0. The van der Waals surface area contributed by atoms with E-state index >= 15 is 0 Å². The molecule has 0 bridgehead atoms. The fraction of sp³-hybridized carbons (Fsp3) is 0.312. The maximum absolute atomic E-state index is 11.8. The number of hydrogen-bond donors (Lipinski definition) is 0. The number of rotatable bonds is 6. The zero-order chi connectivity index (χ0) is 12.8. The Morgan fingerprint density at radius 2 is 1.89 bits per heavy atom. The van der Waals surface area contributed by atoms with Crippen LogP contribution in [0, 0.1) is 0 Å². The van der Waals surface area contributed by atoms with E-state index in [1.165, 1.54) is 5.39 Å². The Labute approximate surface area is 108 Å². The lowest BCUT2D eigenvalue weighted by atomic mass is 10.0. The fourth-order valence-electron chi connectivity index (χ4n) is 2.04. The van der Waals surface area contributed by atoms with E-state index in [2.05, 4.69) is 18.2 Å². The number of carbonyl (C=O) groups is 1. The number of Topliss-reactive ketones (excluding diaryl/α,β-unsaturated/α-hetero) is 1. The Balaban J connectivity index is 2.09. The van der Waals surface area contributed by atoms with Gasteiger partial charge in [-0.1, -0.05) is 49.4 Å². The van der Waals surface area contributed by atoms with Crippen molar-refractivity contribution < 1.29 is 9.53 Å². The molecule has 0 aliphatic rings. The first-order valence-electron chi connectivity index (χ1n) is 6.37. The molecule has 2 rings (SSSR count). The van der Waals surface area contributed by atoms with Gasteiger partial charge < -0.3 is 4.74 Å². The average Bonchev–Trinajstić information content (AvgIpc) is 2.39. The highest BCUT2D eigenvalue weighted by Crippen LogP contribution is 2.18. The highest BCUT2D eigenvalue weighted by Gasteiger charge is 2.06. The van der Waals surface area contributed by atoms with Crippen LogP contribution in [0.4, 0.5) is 0 Å². The van der Waals surface area contributed by atoms with Crippen LogP contribution in [0.2, 0.25) is 0 Å². The monoisotopic (exact) mass is 242 g/mol. The second-order valence-electron chi connectivity index (χ2n) is 4.41. The van der Waals surface area contributed by atoms with Gasteiger partial charge in [0.2, 0.25) is 0 Å². The maximum Gasteiger partial charge on any atom is 0.162 e. The van der Waals surface area contributed by atoms with Gasteiger partial charge in [-0.25, -0.2) is 0 Å². The van der Waals surface area contributed by atoms with E-state index in [1.54, 1.807) is 0 Å². The van der Waals surface area contributed by atoms with Crippen molar-refractivity contribution >= 4 is 16.6 Å². The number of hydrogen-bond acceptors (Lipinski definition) is 2. The molecule has 0 radical (unpaired) electrons. The molecule has 0 saturated carbocycles. The second kappa shape index (κ2) is 6.31. The normalized spacial score (nSPS) is 10.7. The number of fused-ring (bicyclic) bond motifs is 1. The predicted molar refractivity (Wildman–Crippen MR) is 73.8 cm³/mol. The van der Waals surface area contributed by atoms with Gasteiger partial charge in [0.1, 0.15) is 6.61 Å². The molecule has 0 saturated heterocycles. The van der Waals surface area contributed by atoms with Gasteiger partial charge in [-0.2, -0.15) is 0 Å². The zero-order valence-corrected chi connectivity index (χ0v) is 10.7. The van der Waals surface area contributed by atoms with Crippen LogP contribution in [-0.2, 0) is 16.0 Å². The van der Waals surface area contributed by atoms with Crippen molar-refractivity contribution in [3.8, 4) is 0 Å². The van der Waals surface area contributed by atoms with Crippen molar-refractivity contribution in [2.24, 2.45) is 0 Å². The summed E-state index contributed by atoms with van der Waals surface area (Å²) in [5.41, 5.74) is 1.08. The fourth-order valence-corrected chi connectivity index (χ4v) is 2.04. The second-order valence-corrected chi connectivity index (χ2v) is 4.41. The SMILES string of the molecule is CCCOCC(=O)Cc1cccc2ccccc12. The summed E-state index contributed by atoms with van der Waals surface area (Å²) in [4.78, 5) is 11.8. The summed E-state index contributed by atoms with van der Waals surface area (Å²) in [6, 6.07) is 14.2. The van der Waals surface area contributed by atoms with Gasteiger partial charge >= 0.3 is 0 Å². The highest BCUT2D eigenvalue weighted by molar-refractivity contribution is 5.91. The summed E-state index contributed by atoms with van der Waals surface area (Å²) in [5, 5.41) is 2.33. The first kappa shape index (κ1) is 12.8. The lowest BCUT2D eigenvalue weighted by Gasteiger charge is -2.06. The smallest absolute Gasteiger partial charge is 0.162 e. The summed E-state index contributed by atoms with van der Waals surface area (Å²) in [6.45, 7) is 2.91. The Morgan fingerprint density at radius 1 is 1.11 bits per heavy atom. The predicted octanol–water partition coefficient (Wildman–Crippen LogP) is 3.38. The Bertz CT molecular complexity index is 526. The molecular formula is C16H18O2. The molecule has 0 N–H and O–H groups in total. The topological polar surface area (TPSA) is 26.3 Å². The van der Waals surface area contributed by atoms with E-state index < -0.39 is 0 Å². The van der Waals surface area contributed by atoms with Crippen molar-refractivity contribution in [2.75, 3.05) is 13.2 Å². The molecule has 94 valence electrons. The number of ether oxygens (including phenoxy) is 1. The molecule has 2 heteroatoms. The molecule has 18 heavy (non-hydrogen) atoms. The minimum atomic E-state index is 0.139. The standard InChI is InChI=1S/C16H18O2/c1-2-10-18-12-15(17)11-14-8-5-7-13-6-3-4-9-16(13)14/h3-9H,2,10-12H2,1H3. The summed E-state index contributed by atoms with van der Waals surface area (Å²) >= 11 is 0.